The number of pyridine rings is 2. The van der Waals surface area contributed by atoms with Crippen LogP contribution in [0.5, 0.6) is 0 Å². The number of aromatic nitrogens is 3. The van der Waals surface area contributed by atoms with Gasteiger partial charge in [-0.2, -0.15) is 0 Å². The third-order valence-electron chi connectivity index (χ3n) is 6.96. The van der Waals surface area contributed by atoms with Crippen molar-refractivity contribution >= 4 is 35.5 Å². The molecule has 2 N–H and O–H groups in total. The fraction of sp³-hybridized carbons (Fsp3) is 0.357. The van der Waals surface area contributed by atoms with E-state index >= 15 is 0 Å². The number of fused-ring (bicyclic) bond motifs is 1. The summed E-state index contributed by atoms with van der Waals surface area (Å²) in [7, 11) is 6.00. The molecular weight excluding hydrogens is 466 g/mol. The molecule has 0 spiro atoms. The third kappa shape index (κ3) is 4.68. The molecule has 1 atom stereocenters. The van der Waals surface area contributed by atoms with Crippen molar-refractivity contribution in [2.75, 3.05) is 32.6 Å². The molecule has 2 aliphatic heterocycles. The van der Waals surface area contributed by atoms with E-state index in [-0.39, 0.29) is 5.91 Å². The van der Waals surface area contributed by atoms with Gasteiger partial charge in [-0.1, -0.05) is 12.1 Å². The number of ether oxygens (including phenoxy) is 1. The van der Waals surface area contributed by atoms with Crippen molar-refractivity contribution in [2.24, 2.45) is 12.0 Å². The fourth-order valence-corrected chi connectivity index (χ4v) is 5.21. The molecule has 0 aromatic carbocycles. The zero-order valence-corrected chi connectivity index (χ0v) is 21.8. The summed E-state index contributed by atoms with van der Waals surface area (Å²) in [4.78, 5) is 29.1. The van der Waals surface area contributed by atoms with E-state index in [4.69, 9.17) is 14.7 Å². The normalized spacial score (nSPS) is 17.3. The van der Waals surface area contributed by atoms with Crippen molar-refractivity contribution in [3.63, 3.8) is 0 Å². The van der Waals surface area contributed by atoms with Crippen LogP contribution in [0.25, 0.3) is 5.57 Å². The summed E-state index contributed by atoms with van der Waals surface area (Å²) in [5.74, 6) is 1.68. The first-order valence-electron chi connectivity index (χ1n) is 12.5. The van der Waals surface area contributed by atoms with Crippen molar-refractivity contribution in [3.8, 4) is 0 Å². The van der Waals surface area contributed by atoms with Crippen molar-refractivity contribution in [3.05, 3.63) is 70.3 Å². The Hall–Kier alpha value is -3.82. The minimum atomic E-state index is -0.125. The molecule has 192 valence electrons. The molecule has 9 nitrogen and oxygen atoms in total. The zero-order chi connectivity index (χ0) is 26.1. The highest BCUT2D eigenvalue weighted by molar-refractivity contribution is 6.05. The number of carbonyl (C=O) groups is 1. The predicted octanol–water partition coefficient (Wildman–Crippen LogP) is 4.15. The lowest BCUT2D eigenvalue weighted by Crippen LogP contribution is -2.16. The Morgan fingerprint density at radius 3 is 2.92 bits per heavy atom. The molecule has 0 saturated carbocycles. The lowest BCUT2D eigenvalue weighted by Gasteiger charge is -2.19. The van der Waals surface area contributed by atoms with Gasteiger partial charge in [-0.25, -0.2) is 9.98 Å². The minimum Gasteiger partial charge on any atom is -0.381 e. The van der Waals surface area contributed by atoms with Crippen LogP contribution in [0.15, 0.2) is 41.7 Å². The Kier molecular flexibility index (Phi) is 6.90. The summed E-state index contributed by atoms with van der Waals surface area (Å²) in [6.45, 7) is 8.33. The van der Waals surface area contributed by atoms with E-state index in [0.29, 0.717) is 29.5 Å². The number of rotatable bonds is 8. The number of allylic oxidation sites excluding steroid dienone is 1. The van der Waals surface area contributed by atoms with Gasteiger partial charge >= 0.3 is 0 Å². The number of amides is 1. The SMILES string of the molecule is C=Nc1c(/C(=C\C)c2ncc(Nc3ccc([C@@H]4CCOC4)c(CN(C)C)n3)c3c2CNC3=O)ccn1C. The highest BCUT2D eigenvalue weighted by Gasteiger charge is 2.29. The van der Waals surface area contributed by atoms with Gasteiger partial charge in [0.05, 0.1) is 35.4 Å². The topological polar surface area (TPSA) is 96.7 Å². The van der Waals surface area contributed by atoms with E-state index in [9.17, 15) is 4.79 Å². The standard InChI is InChI=1S/C28H33N7O2/c1-6-18(20-9-11-35(5)27(20)29-2)26-21-13-31-28(36)25(21)22(14-30-26)32-24-8-7-19(17-10-12-37-16-17)23(33-24)15-34(3)4/h6-9,11,14,17H,2,10,12-13,15-16H2,1,3-5H3,(H,31,36)(H,32,33)/b18-6+/t17-/m1/s1. The van der Waals surface area contributed by atoms with Crippen LogP contribution in [0.3, 0.4) is 0 Å². The van der Waals surface area contributed by atoms with Crippen LogP contribution in [0.1, 0.15) is 57.7 Å². The van der Waals surface area contributed by atoms with Crippen LogP contribution in [0.4, 0.5) is 17.3 Å². The summed E-state index contributed by atoms with van der Waals surface area (Å²) in [5, 5.41) is 6.35. The van der Waals surface area contributed by atoms with Gasteiger partial charge < -0.3 is 24.8 Å². The molecule has 3 aromatic rings. The van der Waals surface area contributed by atoms with Crippen LogP contribution in [-0.4, -0.2) is 59.4 Å². The molecule has 0 radical (unpaired) electrons. The Balaban J connectivity index is 1.52. The maximum Gasteiger partial charge on any atom is 0.254 e. The van der Waals surface area contributed by atoms with Crippen LogP contribution in [0.2, 0.25) is 0 Å². The van der Waals surface area contributed by atoms with E-state index < -0.39 is 0 Å². The Bertz CT molecular complexity index is 1380. The van der Waals surface area contributed by atoms with E-state index in [2.05, 4.69) is 33.3 Å². The second-order valence-corrected chi connectivity index (χ2v) is 9.74. The molecule has 5 heterocycles. The monoisotopic (exact) mass is 499 g/mol. The summed E-state index contributed by atoms with van der Waals surface area (Å²) in [6, 6.07) is 6.10. The molecule has 5 rings (SSSR count). The molecule has 0 aliphatic carbocycles. The first-order chi connectivity index (χ1) is 17.9. The lowest BCUT2D eigenvalue weighted by atomic mass is 9.96. The minimum absolute atomic E-state index is 0.125. The summed E-state index contributed by atoms with van der Waals surface area (Å²) < 4.78 is 7.54. The van der Waals surface area contributed by atoms with Gasteiger partial charge in [-0.3, -0.25) is 9.78 Å². The first-order valence-corrected chi connectivity index (χ1v) is 12.5. The number of aliphatic imine (C=N–C) groups is 1. The molecule has 37 heavy (non-hydrogen) atoms. The quantitative estimate of drug-likeness (QED) is 0.452. The number of aryl methyl sites for hydroxylation is 1. The highest BCUT2D eigenvalue weighted by atomic mass is 16.5. The number of hydrogen-bond donors (Lipinski definition) is 2. The van der Waals surface area contributed by atoms with Gasteiger partial charge in [0.15, 0.2) is 0 Å². The van der Waals surface area contributed by atoms with Crippen molar-refractivity contribution in [2.45, 2.75) is 32.4 Å². The average Bonchev–Trinajstić information content (AvgIpc) is 3.62. The molecule has 2 aliphatic rings. The predicted molar refractivity (Wildman–Crippen MR) is 146 cm³/mol. The summed E-state index contributed by atoms with van der Waals surface area (Å²) in [6.07, 6.45) is 6.67. The summed E-state index contributed by atoms with van der Waals surface area (Å²) >= 11 is 0. The molecule has 1 saturated heterocycles. The van der Waals surface area contributed by atoms with Gasteiger partial charge in [0.1, 0.15) is 11.6 Å². The van der Waals surface area contributed by atoms with Crippen LogP contribution < -0.4 is 10.6 Å². The maximum atomic E-state index is 13.0. The Labute approximate surface area is 217 Å². The van der Waals surface area contributed by atoms with Crippen molar-refractivity contribution in [1.29, 1.82) is 0 Å². The van der Waals surface area contributed by atoms with Gasteiger partial charge in [-0.05, 0) is 51.9 Å². The number of carbonyl (C=O) groups excluding carboxylic acids is 1. The molecule has 0 unspecified atom stereocenters. The Morgan fingerprint density at radius 2 is 2.22 bits per heavy atom. The van der Waals surface area contributed by atoms with Gasteiger partial charge in [0.2, 0.25) is 0 Å². The van der Waals surface area contributed by atoms with Crippen LogP contribution in [-0.2, 0) is 24.9 Å². The molecule has 0 bridgehead atoms. The largest absolute Gasteiger partial charge is 0.381 e. The summed E-state index contributed by atoms with van der Waals surface area (Å²) in [5.41, 5.74) is 6.93. The molecular formula is C28H33N7O2. The van der Waals surface area contributed by atoms with E-state index in [1.165, 1.54) is 5.56 Å². The molecule has 9 heteroatoms. The highest BCUT2D eigenvalue weighted by Crippen LogP contribution is 2.37. The second kappa shape index (κ2) is 10.3. The second-order valence-electron chi connectivity index (χ2n) is 9.74. The Morgan fingerprint density at radius 1 is 1.38 bits per heavy atom. The number of nitrogens with one attached hydrogen (secondary N) is 2. The maximum absolute atomic E-state index is 13.0. The first kappa shape index (κ1) is 24.9. The molecule has 1 amide bonds. The third-order valence-corrected chi connectivity index (χ3v) is 6.96. The average molecular weight is 500 g/mol. The van der Waals surface area contributed by atoms with Crippen molar-refractivity contribution < 1.29 is 9.53 Å². The number of hydrogen-bond acceptors (Lipinski definition) is 7. The van der Waals surface area contributed by atoms with Gasteiger partial charge in [0, 0.05) is 55.6 Å². The number of anilines is 2. The lowest BCUT2D eigenvalue weighted by molar-refractivity contribution is 0.0966. The van der Waals surface area contributed by atoms with Gasteiger partial charge in [0.25, 0.3) is 5.91 Å². The van der Waals surface area contributed by atoms with Gasteiger partial charge in [-0.15, -0.1) is 0 Å². The van der Waals surface area contributed by atoms with Crippen molar-refractivity contribution in [1.82, 2.24) is 24.8 Å². The molecule has 3 aromatic heterocycles. The van der Waals surface area contributed by atoms with Crippen LogP contribution >= 0.6 is 0 Å². The van der Waals surface area contributed by atoms with Crippen LogP contribution in [0, 0.1) is 0 Å². The van der Waals surface area contributed by atoms with E-state index in [1.807, 2.05) is 57.0 Å². The zero-order valence-electron chi connectivity index (χ0n) is 21.8. The molecule has 1 fully saturated rings. The smallest absolute Gasteiger partial charge is 0.254 e. The van der Waals surface area contributed by atoms with E-state index in [1.54, 1.807) is 6.20 Å². The number of nitrogens with zero attached hydrogens (tertiary/aromatic N) is 5. The van der Waals surface area contributed by atoms with E-state index in [0.717, 1.165) is 60.1 Å². The fourth-order valence-electron chi connectivity index (χ4n) is 5.21.